The zero-order chi connectivity index (χ0) is 16.7. The number of hydrogen-bond acceptors (Lipinski definition) is 4. The molecule has 120 valence electrons. The van der Waals surface area contributed by atoms with Crippen LogP contribution >= 0.6 is 11.6 Å². The molecule has 2 rings (SSSR count). The lowest BCUT2D eigenvalue weighted by atomic mass is 10.2. The predicted octanol–water partition coefficient (Wildman–Crippen LogP) is 3.51. The van der Waals surface area contributed by atoms with Gasteiger partial charge in [-0.05, 0) is 48.0 Å². The number of carbonyl (C=O) groups excluding carboxylic acids is 1. The van der Waals surface area contributed by atoms with Gasteiger partial charge in [-0.1, -0.05) is 11.6 Å². The minimum absolute atomic E-state index is 0.455. The van der Waals surface area contributed by atoms with Crippen LogP contribution in [0, 0.1) is 0 Å². The zero-order valence-corrected chi connectivity index (χ0v) is 13.4. The summed E-state index contributed by atoms with van der Waals surface area (Å²) in [6.45, 7) is 0. The SMILES string of the molecule is COc1ccc(/C=N\NC(=O)Nc2ccc(Cl)cc2)cc1OC. The van der Waals surface area contributed by atoms with E-state index < -0.39 is 6.03 Å². The summed E-state index contributed by atoms with van der Waals surface area (Å²) in [4.78, 5) is 11.7. The van der Waals surface area contributed by atoms with Gasteiger partial charge in [0.15, 0.2) is 11.5 Å². The highest BCUT2D eigenvalue weighted by Gasteiger charge is 2.03. The first-order valence-corrected chi connectivity index (χ1v) is 7.08. The van der Waals surface area contributed by atoms with E-state index in [1.165, 1.54) is 6.21 Å². The van der Waals surface area contributed by atoms with Gasteiger partial charge in [0, 0.05) is 10.7 Å². The van der Waals surface area contributed by atoms with Gasteiger partial charge in [-0.15, -0.1) is 0 Å². The van der Waals surface area contributed by atoms with E-state index in [1.54, 1.807) is 56.7 Å². The first-order valence-electron chi connectivity index (χ1n) is 6.70. The Morgan fingerprint density at radius 1 is 1.09 bits per heavy atom. The van der Waals surface area contributed by atoms with Gasteiger partial charge in [0.05, 0.1) is 20.4 Å². The number of anilines is 1. The van der Waals surface area contributed by atoms with E-state index in [4.69, 9.17) is 21.1 Å². The second-order valence-corrected chi connectivity index (χ2v) is 4.88. The highest BCUT2D eigenvalue weighted by molar-refractivity contribution is 6.30. The number of rotatable bonds is 5. The number of nitrogens with zero attached hydrogens (tertiary/aromatic N) is 1. The number of urea groups is 1. The third-order valence-electron chi connectivity index (χ3n) is 2.89. The fraction of sp³-hybridized carbons (Fsp3) is 0.125. The minimum Gasteiger partial charge on any atom is -0.493 e. The Labute approximate surface area is 139 Å². The Morgan fingerprint density at radius 2 is 1.78 bits per heavy atom. The van der Waals surface area contributed by atoms with E-state index in [2.05, 4.69) is 15.8 Å². The second kappa shape index (κ2) is 8.05. The number of nitrogens with one attached hydrogen (secondary N) is 2. The van der Waals surface area contributed by atoms with Crippen molar-refractivity contribution in [2.24, 2.45) is 5.10 Å². The molecular weight excluding hydrogens is 318 g/mol. The lowest BCUT2D eigenvalue weighted by Crippen LogP contribution is -2.24. The lowest BCUT2D eigenvalue weighted by molar-refractivity contribution is 0.252. The van der Waals surface area contributed by atoms with Crippen LogP contribution in [0.2, 0.25) is 5.02 Å². The van der Waals surface area contributed by atoms with Crippen LogP contribution in [-0.2, 0) is 0 Å². The molecule has 23 heavy (non-hydrogen) atoms. The molecule has 0 fully saturated rings. The van der Waals surface area contributed by atoms with Crippen LogP contribution in [0.1, 0.15) is 5.56 Å². The van der Waals surface area contributed by atoms with Crippen molar-refractivity contribution in [1.29, 1.82) is 0 Å². The molecule has 0 bridgehead atoms. The molecule has 2 N–H and O–H groups in total. The van der Waals surface area contributed by atoms with Crippen LogP contribution in [0.5, 0.6) is 11.5 Å². The van der Waals surface area contributed by atoms with Gasteiger partial charge in [-0.25, -0.2) is 10.2 Å². The molecule has 0 aromatic heterocycles. The fourth-order valence-corrected chi connectivity index (χ4v) is 1.92. The molecule has 0 aliphatic carbocycles. The number of methoxy groups -OCH3 is 2. The maximum atomic E-state index is 11.7. The number of benzene rings is 2. The Bertz CT molecular complexity index is 702. The molecule has 0 aliphatic heterocycles. The maximum absolute atomic E-state index is 11.7. The van der Waals surface area contributed by atoms with E-state index in [1.807, 2.05) is 0 Å². The Morgan fingerprint density at radius 3 is 2.43 bits per heavy atom. The summed E-state index contributed by atoms with van der Waals surface area (Å²) in [5.41, 5.74) is 3.75. The number of amides is 2. The van der Waals surface area contributed by atoms with Crippen molar-refractivity contribution in [1.82, 2.24) is 5.43 Å². The first kappa shape index (κ1) is 16.6. The number of hydrogen-bond donors (Lipinski definition) is 2. The number of carbonyl (C=O) groups is 1. The third kappa shape index (κ3) is 4.89. The van der Waals surface area contributed by atoms with Crippen molar-refractivity contribution >= 4 is 29.5 Å². The molecule has 0 heterocycles. The smallest absolute Gasteiger partial charge is 0.339 e. The maximum Gasteiger partial charge on any atom is 0.339 e. The van der Waals surface area contributed by atoms with Gasteiger partial charge >= 0.3 is 6.03 Å². The standard InChI is InChI=1S/C16H16ClN3O3/c1-22-14-8-3-11(9-15(14)23-2)10-18-20-16(21)19-13-6-4-12(17)5-7-13/h3-10H,1-2H3,(H2,19,20,21)/b18-10-. The molecule has 0 saturated carbocycles. The van der Waals surface area contributed by atoms with E-state index >= 15 is 0 Å². The Hall–Kier alpha value is -2.73. The first-order chi connectivity index (χ1) is 11.1. The molecule has 6 nitrogen and oxygen atoms in total. The molecule has 0 saturated heterocycles. The van der Waals surface area contributed by atoms with Crippen LogP contribution in [0.3, 0.4) is 0 Å². The van der Waals surface area contributed by atoms with E-state index in [0.717, 1.165) is 5.56 Å². The van der Waals surface area contributed by atoms with Crippen molar-refractivity contribution in [2.45, 2.75) is 0 Å². The van der Waals surface area contributed by atoms with Crippen LogP contribution in [0.25, 0.3) is 0 Å². The lowest BCUT2D eigenvalue weighted by Gasteiger charge is -2.07. The average Bonchev–Trinajstić information content (AvgIpc) is 2.56. The summed E-state index contributed by atoms with van der Waals surface area (Å²) in [7, 11) is 3.12. The van der Waals surface area contributed by atoms with Gasteiger partial charge in [0.1, 0.15) is 0 Å². The summed E-state index contributed by atoms with van der Waals surface area (Å²) in [6.07, 6.45) is 1.50. The molecule has 2 aromatic carbocycles. The normalized spacial score (nSPS) is 10.4. The number of ether oxygens (including phenoxy) is 2. The van der Waals surface area contributed by atoms with Crippen molar-refractivity contribution in [2.75, 3.05) is 19.5 Å². The van der Waals surface area contributed by atoms with Gasteiger partial charge in [0.2, 0.25) is 0 Å². The monoisotopic (exact) mass is 333 g/mol. The highest BCUT2D eigenvalue weighted by atomic mass is 35.5. The van der Waals surface area contributed by atoms with Gasteiger partial charge in [-0.2, -0.15) is 5.10 Å². The van der Waals surface area contributed by atoms with Crippen molar-refractivity contribution < 1.29 is 14.3 Å². The fourth-order valence-electron chi connectivity index (χ4n) is 1.79. The van der Waals surface area contributed by atoms with Gasteiger partial charge in [0.25, 0.3) is 0 Å². The summed E-state index contributed by atoms with van der Waals surface area (Å²) in [5, 5.41) is 7.11. The predicted molar refractivity (Wildman–Crippen MR) is 90.7 cm³/mol. The molecule has 0 atom stereocenters. The molecule has 2 amide bonds. The number of halogens is 1. The van der Waals surface area contributed by atoms with E-state index in [-0.39, 0.29) is 0 Å². The quantitative estimate of drug-likeness (QED) is 0.649. The van der Waals surface area contributed by atoms with Crippen LogP contribution in [0.4, 0.5) is 10.5 Å². The summed E-state index contributed by atoms with van der Waals surface area (Å²) < 4.78 is 10.3. The second-order valence-electron chi connectivity index (χ2n) is 4.45. The summed E-state index contributed by atoms with van der Waals surface area (Å²) >= 11 is 5.77. The van der Waals surface area contributed by atoms with Crippen LogP contribution in [0.15, 0.2) is 47.6 Å². The van der Waals surface area contributed by atoms with Crippen molar-refractivity contribution in [3.8, 4) is 11.5 Å². The van der Waals surface area contributed by atoms with Crippen LogP contribution < -0.4 is 20.2 Å². The summed E-state index contributed by atoms with van der Waals surface area (Å²) in [5.74, 6) is 1.21. The topological polar surface area (TPSA) is 72.0 Å². The Kier molecular flexibility index (Phi) is 5.82. The summed E-state index contributed by atoms with van der Waals surface area (Å²) in [6, 6.07) is 11.6. The van der Waals surface area contributed by atoms with E-state index in [9.17, 15) is 4.79 Å². The largest absolute Gasteiger partial charge is 0.493 e. The van der Waals surface area contributed by atoms with Gasteiger partial charge < -0.3 is 14.8 Å². The van der Waals surface area contributed by atoms with Crippen LogP contribution in [-0.4, -0.2) is 26.5 Å². The van der Waals surface area contributed by atoms with E-state index in [0.29, 0.717) is 22.2 Å². The molecule has 0 unspecified atom stereocenters. The molecule has 0 aliphatic rings. The van der Waals surface area contributed by atoms with Crippen molar-refractivity contribution in [3.05, 3.63) is 53.1 Å². The molecule has 0 radical (unpaired) electrons. The number of hydrazone groups is 1. The Balaban J connectivity index is 1.93. The van der Waals surface area contributed by atoms with Crippen molar-refractivity contribution in [3.63, 3.8) is 0 Å². The minimum atomic E-state index is -0.455. The third-order valence-corrected chi connectivity index (χ3v) is 3.14. The average molecular weight is 334 g/mol. The molecule has 7 heteroatoms. The van der Waals surface area contributed by atoms with Gasteiger partial charge in [-0.3, -0.25) is 0 Å². The molecule has 0 spiro atoms. The molecular formula is C16H16ClN3O3. The highest BCUT2D eigenvalue weighted by Crippen LogP contribution is 2.26. The molecule has 2 aromatic rings. The zero-order valence-electron chi connectivity index (χ0n) is 12.7.